The highest BCUT2D eigenvalue weighted by molar-refractivity contribution is 6.04. The van der Waals surface area contributed by atoms with Gasteiger partial charge >= 0.3 is 0 Å². The molecule has 0 amide bonds. The Morgan fingerprint density at radius 2 is 1.92 bits per heavy atom. The van der Waals surface area contributed by atoms with Crippen LogP contribution in [0.2, 0.25) is 0 Å². The highest BCUT2D eigenvalue weighted by Crippen LogP contribution is 2.37. The highest BCUT2D eigenvalue weighted by atomic mass is 16.5. The van der Waals surface area contributed by atoms with E-state index in [0.29, 0.717) is 15.8 Å². The second-order valence-corrected chi connectivity index (χ2v) is 7.31. The molecule has 1 fully saturated rings. The number of Topliss-reactive ketones (excluding diaryl/α,β-unsaturated/α-hetero) is 2. The summed E-state index contributed by atoms with van der Waals surface area (Å²) in [5.41, 5.74) is 7.04. The molecule has 5 heteroatoms. The van der Waals surface area contributed by atoms with E-state index in [9.17, 15) is 9.59 Å². The van der Waals surface area contributed by atoms with E-state index in [-0.39, 0.29) is 30.1 Å². The molecule has 25 heavy (non-hydrogen) atoms. The minimum atomic E-state index is -0.461. The van der Waals surface area contributed by atoms with Crippen molar-refractivity contribution in [3.8, 4) is 0 Å². The summed E-state index contributed by atoms with van der Waals surface area (Å²) >= 11 is 0. The Bertz CT molecular complexity index is 685. The molecule has 0 radical (unpaired) electrons. The van der Waals surface area contributed by atoms with Gasteiger partial charge in [0.05, 0.1) is 26.6 Å². The van der Waals surface area contributed by atoms with Gasteiger partial charge in [0.15, 0.2) is 11.8 Å². The van der Waals surface area contributed by atoms with Crippen molar-refractivity contribution in [3.63, 3.8) is 0 Å². The molecule has 1 aliphatic carbocycles. The maximum Gasteiger partial charge on any atom is 0.260 e. The molecule has 134 valence electrons. The van der Waals surface area contributed by atoms with Crippen LogP contribution in [0.3, 0.4) is 0 Å². The molecule has 2 aliphatic rings. The molecule has 0 bridgehead atoms. The predicted molar refractivity (Wildman–Crippen MR) is 95.7 cm³/mol. The Balaban J connectivity index is 1.89. The summed E-state index contributed by atoms with van der Waals surface area (Å²) in [5.74, 6) is 0.247. The van der Waals surface area contributed by atoms with Gasteiger partial charge in [-0.15, -0.1) is 0 Å². The quantitative estimate of drug-likeness (QED) is 0.658. The third-order valence-corrected chi connectivity index (χ3v) is 5.80. The van der Waals surface area contributed by atoms with E-state index in [2.05, 4.69) is 0 Å². The lowest BCUT2D eigenvalue weighted by molar-refractivity contribution is -0.899. The summed E-state index contributed by atoms with van der Waals surface area (Å²) in [6.45, 7) is 0. The summed E-state index contributed by atoms with van der Waals surface area (Å²) in [7, 11) is 3.53. The van der Waals surface area contributed by atoms with Crippen molar-refractivity contribution >= 4 is 11.6 Å². The molecule has 0 saturated heterocycles. The van der Waals surface area contributed by atoms with E-state index < -0.39 is 6.04 Å². The molecule has 1 aromatic rings. The van der Waals surface area contributed by atoms with Gasteiger partial charge in [-0.1, -0.05) is 36.8 Å². The Morgan fingerprint density at radius 1 is 1.24 bits per heavy atom. The number of ketones is 2. The lowest BCUT2D eigenvalue weighted by atomic mass is 9.87. The number of ether oxygens (including phenoxy) is 1. The number of nitrogens with two attached hydrogens (primary N) is 1. The Morgan fingerprint density at radius 3 is 2.56 bits per heavy atom. The van der Waals surface area contributed by atoms with Crippen LogP contribution in [-0.4, -0.2) is 48.3 Å². The zero-order chi connectivity index (χ0) is 18.0. The molecule has 1 heterocycles. The van der Waals surface area contributed by atoms with Gasteiger partial charge in [0.25, 0.3) is 5.78 Å². The maximum atomic E-state index is 12.9. The summed E-state index contributed by atoms with van der Waals surface area (Å²) in [6, 6.07) is 8.86. The van der Waals surface area contributed by atoms with Crippen molar-refractivity contribution in [2.45, 2.75) is 50.2 Å². The van der Waals surface area contributed by atoms with E-state index in [1.807, 2.05) is 31.4 Å². The predicted octanol–water partition coefficient (Wildman–Crippen LogP) is 2.42. The fraction of sp³-hybridized carbons (Fsp3) is 0.500. The molecule has 5 nitrogen and oxygen atoms in total. The second-order valence-electron chi connectivity index (χ2n) is 7.31. The van der Waals surface area contributed by atoms with Crippen LogP contribution in [0.25, 0.3) is 0 Å². The smallest absolute Gasteiger partial charge is 0.260 e. The first kappa shape index (κ1) is 17.8. The minimum absolute atomic E-state index is 0.0153. The first-order valence-electron chi connectivity index (χ1n) is 8.98. The zero-order valence-corrected chi connectivity index (χ0v) is 15.0. The molecule has 1 saturated carbocycles. The van der Waals surface area contributed by atoms with Crippen LogP contribution in [0, 0.1) is 0 Å². The van der Waals surface area contributed by atoms with E-state index >= 15 is 0 Å². The zero-order valence-electron chi connectivity index (χ0n) is 15.0. The number of carbonyl (C=O) groups excluding carboxylic acids is 2. The van der Waals surface area contributed by atoms with Gasteiger partial charge in [0, 0.05) is 12.0 Å². The molecule has 0 spiro atoms. The third kappa shape index (κ3) is 3.26. The van der Waals surface area contributed by atoms with Gasteiger partial charge in [0.2, 0.25) is 5.76 Å². The number of quaternary nitrogens is 1. The van der Waals surface area contributed by atoms with Gasteiger partial charge < -0.3 is 10.5 Å². The fourth-order valence-electron chi connectivity index (χ4n) is 4.34. The molecule has 4 atom stereocenters. The van der Waals surface area contributed by atoms with Crippen LogP contribution >= 0.6 is 0 Å². The number of methoxy groups -OCH3 is 1. The van der Waals surface area contributed by atoms with E-state index in [1.54, 1.807) is 12.1 Å². The van der Waals surface area contributed by atoms with Crippen molar-refractivity contribution in [1.29, 1.82) is 0 Å². The third-order valence-electron chi connectivity index (χ3n) is 5.80. The molecular weight excluding hydrogens is 316 g/mol. The van der Waals surface area contributed by atoms with Gasteiger partial charge in [-0.3, -0.25) is 14.1 Å². The maximum absolute atomic E-state index is 12.9. The average molecular weight is 343 g/mol. The second kappa shape index (κ2) is 7.10. The topological polar surface area (TPSA) is 69.4 Å². The Labute approximate surface area is 149 Å². The highest BCUT2D eigenvalue weighted by Gasteiger charge is 2.53. The molecular formula is C20H27N2O3+. The van der Waals surface area contributed by atoms with Crippen molar-refractivity contribution in [2.24, 2.45) is 5.73 Å². The van der Waals surface area contributed by atoms with Crippen LogP contribution in [0.5, 0.6) is 0 Å². The molecule has 1 aromatic carbocycles. The summed E-state index contributed by atoms with van der Waals surface area (Å²) < 4.78 is 5.68. The number of nitrogens with zero attached hydrogens (tertiary/aromatic N) is 1. The molecule has 0 aromatic heterocycles. The van der Waals surface area contributed by atoms with Gasteiger partial charge in [-0.25, -0.2) is 0 Å². The lowest BCUT2D eigenvalue weighted by Gasteiger charge is -2.44. The SMILES string of the molecule is COC1=C[N@@+](C)([C@H]2CCCCC2N)[C@H](CC(=O)c2ccccc2)C1=O. The number of benzene rings is 1. The number of rotatable bonds is 5. The summed E-state index contributed by atoms with van der Waals surface area (Å²) in [4.78, 5) is 25.6. The fourth-order valence-corrected chi connectivity index (χ4v) is 4.34. The van der Waals surface area contributed by atoms with E-state index in [1.165, 1.54) is 7.11 Å². The van der Waals surface area contributed by atoms with Gasteiger partial charge in [-0.2, -0.15) is 0 Å². The van der Waals surface area contributed by atoms with Crippen LogP contribution in [-0.2, 0) is 9.53 Å². The van der Waals surface area contributed by atoms with Crippen LogP contribution in [0.15, 0.2) is 42.3 Å². The monoisotopic (exact) mass is 343 g/mol. The molecule has 2 N–H and O–H groups in total. The Hall–Kier alpha value is -1.98. The summed E-state index contributed by atoms with van der Waals surface area (Å²) in [5, 5.41) is 0. The van der Waals surface area contributed by atoms with Crippen LogP contribution < -0.4 is 5.73 Å². The largest absolute Gasteiger partial charge is 0.489 e. The minimum Gasteiger partial charge on any atom is -0.489 e. The van der Waals surface area contributed by atoms with Crippen molar-refractivity contribution in [1.82, 2.24) is 0 Å². The number of hydrogen-bond acceptors (Lipinski definition) is 4. The first-order valence-corrected chi connectivity index (χ1v) is 8.98. The lowest BCUT2D eigenvalue weighted by Crippen LogP contribution is -2.62. The molecule has 1 aliphatic heterocycles. The van der Waals surface area contributed by atoms with Crippen LogP contribution in [0.1, 0.15) is 42.5 Å². The Kier molecular flexibility index (Phi) is 5.06. The number of likely N-dealkylation sites (N-methyl/N-ethyl adjacent to an activating group) is 1. The molecule has 3 rings (SSSR count). The standard InChI is InChI=1S/C20H27N2O3/c1-22(16-11-7-6-10-15(16)21)13-19(25-2)20(24)17(22)12-18(23)14-8-4-3-5-9-14/h3-5,8-9,13,15-17H,6-7,10-12,21H2,1-2H3/q+1/t15?,16-,17+,22-/m0/s1. The van der Waals surface area contributed by atoms with E-state index in [4.69, 9.17) is 10.5 Å². The van der Waals surface area contributed by atoms with Crippen molar-refractivity contribution in [2.75, 3.05) is 14.2 Å². The average Bonchev–Trinajstić information content (AvgIpc) is 2.88. The number of hydrogen-bond donors (Lipinski definition) is 1. The van der Waals surface area contributed by atoms with E-state index in [0.717, 1.165) is 25.7 Å². The number of carbonyl (C=O) groups is 2. The van der Waals surface area contributed by atoms with Gasteiger partial charge in [-0.05, 0) is 12.8 Å². The molecule has 1 unspecified atom stereocenters. The first-order chi connectivity index (χ1) is 12.0. The van der Waals surface area contributed by atoms with Crippen molar-refractivity contribution < 1.29 is 18.8 Å². The summed E-state index contributed by atoms with van der Waals surface area (Å²) in [6.07, 6.45) is 6.21. The van der Waals surface area contributed by atoms with Crippen LogP contribution in [0.4, 0.5) is 0 Å². The normalized spacial score (nSPS) is 32.4. The van der Waals surface area contributed by atoms with Crippen molar-refractivity contribution in [3.05, 3.63) is 47.9 Å². The van der Waals surface area contributed by atoms with Gasteiger partial charge in [0.1, 0.15) is 12.2 Å².